The van der Waals surface area contributed by atoms with Gasteiger partial charge in [0.25, 0.3) is 0 Å². The van der Waals surface area contributed by atoms with Crippen LogP contribution in [0.5, 0.6) is 0 Å². The van der Waals surface area contributed by atoms with Crippen LogP contribution in [0.1, 0.15) is 33.6 Å². The summed E-state index contributed by atoms with van der Waals surface area (Å²) in [5.41, 5.74) is -0.374. The first-order valence-electron chi connectivity index (χ1n) is 6.07. The van der Waals surface area contributed by atoms with Crippen LogP contribution in [0, 0.1) is 0 Å². The Hall–Kier alpha value is -0.790. The molecule has 0 spiro atoms. The quantitative estimate of drug-likeness (QED) is 0.391. The molecule has 0 fully saturated rings. The summed E-state index contributed by atoms with van der Waals surface area (Å²) in [4.78, 5) is 23.7. The molecule has 0 aliphatic rings. The Labute approximate surface area is 120 Å². The van der Waals surface area contributed by atoms with Gasteiger partial charge in [-0.05, 0) is 33.7 Å². The number of aliphatic carboxylic acids is 1. The second-order valence-electron chi connectivity index (χ2n) is 4.86. The van der Waals surface area contributed by atoms with E-state index >= 15 is 0 Å². The SMILES string of the molecule is CCS.CN(C)C(C)(C)CC(=O)N(O)CCC(=O)O. The number of carboxylic acids is 1. The smallest absolute Gasteiger partial charge is 0.305 e. The van der Waals surface area contributed by atoms with Gasteiger partial charge in [0.05, 0.1) is 13.0 Å². The third-order valence-corrected chi connectivity index (χ3v) is 2.62. The Kier molecular flexibility index (Phi) is 10.9. The fraction of sp³-hybridized carbons (Fsp3) is 0.833. The van der Waals surface area contributed by atoms with E-state index in [2.05, 4.69) is 12.6 Å². The number of carbonyl (C=O) groups excluding carboxylic acids is 1. The van der Waals surface area contributed by atoms with Crippen LogP contribution < -0.4 is 0 Å². The zero-order valence-electron chi connectivity index (χ0n) is 12.4. The fourth-order valence-electron chi connectivity index (χ4n) is 0.946. The molecule has 0 heterocycles. The largest absolute Gasteiger partial charge is 0.481 e. The number of carbonyl (C=O) groups is 2. The summed E-state index contributed by atoms with van der Waals surface area (Å²) in [5, 5.41) is 18.2. The summed E-state index contributed by atoms with van der Waals surface area (Å²) < 4.78 is 0. The van der Waals surface area contributed by atoms with Crippen LogP contribution in [-0.4, -0.2) is 64.1 Å². The minimum Gasteiger partial charge on any atom is -0.481 e. The number of rotatable bonds is 6. The topological polar surface area (TPSA) is 81.1 Å². The van der Waals surface area contributed by atoms with E-state index in [9.17, 15) is 14.8 Å². The van der Waals surface area contributed by atoms with Gasteiger partial charge < -0.3 is 10.0 Å². The van der Waals surface area contributed by atoms with E-state index in [4.69, 9.17) is 5.11 Å². The first-order valence-corrected chi connectivity index (χ1v) is 6.71. The number of hydrogen-bond donors (Lipinski definition) is 3. The summed E-state index contributed by atoms with van der Waals surface area (Å²) in [5.74, 6) is -0.571. The summed E-state index contributed by atoms with van der Waals surface area (Å²) in [6, 6.07) is 0. The molecule has 2 N–H and O–H groups in total. The van der Waals surface area contributed by atoms with E-state index in [0.717, 1.165) is 5.75 Å². The minimum absolute atomic E-state index is 0.135. The highest BCUT2D eigenvalue weighted by Gasteiger charge is 2.26. The second kappa shape index (κ2) is 10.1. The predicted molar refractivity (Wildman–Crippen MR) is 77.7 cm³/mol. The lowest BCUT2D eigenvalue weighted by Crippen LogP contribution is -2.43. The molecule has 114 valence electrons. The number of nitrogens with zero attached hydrogens (tertiary/aromatic N) is 2. The molecule has 1 amide bonds. The molecule has 0 saturated heterocycles. The summed E-state index contributed by atoms with van der Waals surface area (Å²) in [6.45, 7) is 5.55. The van der Waals surface area contributed by atoms with Crippen molar-refractivity contribution in [3.8, 4) is 0 Å². The molecule has 0 aromatic carbocycles. The van der Waals surface area contributed by atoms with E-state index < -0.39 is 11.9 Å². The molecule has 19 heavy (non-hydrogen) atoms. The molecule has 0 radical (unpaired) electrons. The monoisotopic (exact) mass is 294 g/mol. The number of hydroxylamine groups is 2. The van der Waals surface area contributed by atoms with Crippen LogP contribution in [0.3, 0.4) is 0 Å². The molecule has 0 bridgehead atoms. The molecule has 0 aromatic heterocycles. The van der Waals surface area contributed by atoms with Crippen LogP contribution in [0.4, 0.5) is 0 Å². The maximum Gasteiger partial charge on any atom is 0.305 e. The van der Waals surface area contributed by atoms with E-state index in [0.29, 0.717) is 5.06 Å². The molecule has 0 rings (SSSR count). The normalized spacial score (nSPS) is 10.7. The van der Waals surface area contributed by atoms with Crippen molar-refractivity contribution in [2.24, 2.45) is 0 Å². The van der Waals surface area contributed by atoms with Crippen molar-refractivity contribution in [1.82, 2.24) is 9.96 Å². The Morgan fingerprint density at radius 1 is 1.26 bits per heavy atom. The average molecular weight is 294 g/mol. The van der Waals surface area contributed by atoms with Gasteiger partial charge >= 0.3 is 5.97 Å². The zero-order chi connectivity index (χ0) is 15.6. The van der Waals surface area contributed by atoms with Crippen LogP contribution in [0.25, 0.3) is 0 Å². The van der Waals surface area contributed by atoms with Gasteiger partial charge in [0.15, 0.2) is 0 Å². The number of amides is 1. The first kappa shape index (κ1) is 20.5. The average Bonchev–Trinajstić information content (AvgIpc) is 2.25. The third kappa shape index (κ3) is 10.8. The Morgan fingerprint density at radius 2 is 1.68 bits per heavy atom. The molecule has 6 nitrogen and oxygen atoms in total. The Morgan fingerprint density at radius 3 is 2.00 bits per heavy atom. The maximum absolute atomic E-state index is 11.5. The van der Waals surface area contributed by atoms with E-state index in [1.807, 2.05) is 39.8 Å². The summed E-state index contributed by atoms with van der Waals surface area (Å²) in [7, 11) is 3.68. The van der Waals surface area contributed by atoms with E-state index in [1.165, 1.54) is 0 Å². The number of hydrogen-bond acceptors (Lipinski definition) is 5. The molecule has 0 aliphatic carbocycles. The molecule has 0 atom stereocenters. The lowest BCUT2D eigenvalue weighted by Gasteiger charge is -2.32. The van der Waals surface area contributed by atoms with Crippen molar-refractivity contribution in [2.45, 2.75) is 39.2 Å². The Bertz CT molecular complexity index is 283. The summed E-state index contributed by atoms with van der Waals surface area (Å²) >= 11 is 3.79. The first-order chi connectivity index (χ1) is 8.58. The van der Waals surface area contributed by atoms with Crippen LogP contribution >= 0.6 is 12.6 Å². The van der Waals surface area contributed by atoms with Crippen molar-refractivity contribution < 1.29 is 19.9 Å². The Balaban J connectivity index is 0. The third-order valence-electron chi connectivity index (χ3n) is 2.62. The molecular weight excluding hydrogens is 268 g/mol. The van der Waals surface area contributed by atoms with Gasteiger partial charge in [-0.2, -0.15) is 12.6 Å². The fourth-order valence-corrected chi connectivity index (χ4v) is 0.946. The number of carboxylic acid groups (broad SMARTS) is 1. The van der Waals surface area contributed by atoms with E-state index in [1.54, 1.807) is 0 Å². The van der Waals surface area contributed by atoms with E-state index in [-0.39, 0.29) is 24.9 Å². The van der Waals surface area contributed by atoms with Gasteiger partial charge in [-0.15, -0.1) is 0 Å². The zero-order valence-corrected chi connectivity index (χ0v) is 13.3. The summed E-state index contributed by atoms with van der Waals surface area (Å²) in [6.07, 6.45) is -0.124. The maximum atomic E-state index is 11.5. The molecule has 0 aliphatic heterocycles. The van der Waals surface area contributed by atoms with Crippen LogP contribution in [-0.2, 0) is 9.59 Å². The van der Waals surface area contributed by atoms with Crippen molar-refractivity contribution >= 4 is 24.5 Å². The highest BCUT2D eigenvalue weighted by molar-refractivity contribution is 7.80. The number of thiol groups is 1. The van der Waals surface area contributed by atoms with Crippen molar-refractivity contribution in [1.29, 1.82) is 0 Å². The van der Waals surface area contributed by atoms with Gasteiger partial charge in [-0.3, -0.25) is 14.8 Å². The van der Waals surface area contributed by atoms with Gasteiger partial charge in [0.1, 0.15) is 0 Å². The van der Waals surface area contributed by atoms with Gasteiger partial charge in [-0.1, -0.05) is 6.92 Å². The standard InChI is InChI=1S/C10H20N2O4.C2H6S/c1-10(2,11(3)4)7-8(13)12(16)6-5-9(14)15;1-2-3/h16H,5-7H2,1-4H3,(H,14,15);3H,2H2,1H3. The van der Waals surface area contributed by atoms with Gasteiger partial charge in [0, 0.05) is 12.0 Å². The highest BCUT2D eigenvalue weighted by Crippen LogP contribution is 2.16. The van der Waals surface area contributed by atoms with Crippen molar-refractivity contribution in [3.63, 3.8) is 0 Å². The van der Waals surface area contributed by atoms with Crippen molar-refractivity contribution in [2.75, 3.05) is 26.4 Å². The molecule has 7 heteroatoms. The second-order valence-corrected chi connectivity index (χ2v) is 5.49. The minimum atomic E-state index is -1.04. The van der Waals surface area contributed by atoms with Crippen molar-refractivity contribution in [3.05, 3.63) is 0 Å². The lowest BCUT2D eigenvalue weighted by atomic mass is 9.99. The van der Waals surface area contributed by atoms with Crippen LogP contribution in [0.15, 0.2) is 0 Å². The highest BCUT2D eigenvalue weighted by atomic mass is 32.1. The van der Waals surface area contributed by atoms with Gasteiger partial charge in [-0.25, -0.2) is 5.06 Å². The van der Waals surface area contributed by atoms with Gasteiger partial charge in [0.2, 0.25) is 5.91 Å². The molecule has 0 unspecified atom stereocenters. The molecule has 0 aromatic rings. The lowest BCUT2D eigenvalue weighted by molar-refractivity contribution is -0.169. The molecule has 0 saturated carbocycles. The predicted octanol–water partition coefficient (Wildman–Crippen LogP) is 1.35. The van der Waals surface area contributed by atoms with Crippen LogP contribution in [0.2, 0.25) is 0 Å². The molecular formula is C12H26N2O4S.